The van der Waals surface area contributed by atoms with E-state index in [-0.39, 0.29) is 17.3 Å². The third kappa shape index (κ3) is 5.32. The summed E-state index contributed by atoms with van der Waals surface area (Å²) in [7, 11) is 1.02. The number of piperazine rings is 1. The van der Waals surface area contributed by atoms with Gasteiger partial charge in [-0.15, -0.1) is 0 Å². The molecule has 1 aliphatic rings. The number of carbonyl (C=O) groups is 1. The predicted molar refractivity (Wildman–Crippen MR) is 139 cm³/mol. The molecule has 36 heavy (non-hydrogen) atoms. The van der Waals surface area contributed by atoms with Gasteiger partial charge in [0.25, 0.3) is 5.91 Å². The molecule has 1 saturated heterocycles. The van der Waals surface area contributed by atoms with Gasteiger partial charge in [-0.3, -0.25) is 4.79 Å². The summed E-state index contributed by atoms with van der Waals surface area (Å²) in [5.41, 5.74) is 2.14. The van der Waals surface area contributed by atoms with Gasteiger partial charge in [0, 0.05) is 50.9 Å². The standard InChI is InChI=1S/C27H31N3O5S/c1-28(36(32,33)23-9-5-4-6-10-23)20-22-19-21(13-14-25(22)34-2)27(31)30-17-15-29(16-18-30)24-11-7-8-12-26(24)35-3/h4-14,19H,15-18,20H2,1-3H3. The van der Waals surface area contributed by atoms with Crippen molar-refractivity contribution in [1.82, 2.24) is 9.21 Å². The van der Waals surface area contributed by atoms with Crippen LogP contribution in [0, 0.1) is 0 Å². The third-order valence-corrected chi connectivity index (χ3v) is 8.18. The number of carbonyl (C=O) groups excluding carboxylic acids is 1. The number of sulfonamides is 1. The normalized spacial score (nSPS) is 14.1. The van der Waals surface area contributed by atoms with Gasteiger partial charge in [0.2, 0.25) is 10.0 Å². The Morgan fingerprint density at radius 3 is 2.17 bits per heavy atom. The first-order valence-electron chi connectivity index (χ1n) is 11.7. The van der Waals surface area contributed by atoms with Gasteiger partial charge < -0.3 is 19.3 Å². The molecule has 9 heteroatoms. The molecule has 1 fully saturated rings. The van der Waals surface area contributed by atoms with Crippen LogP contribution in [-0.4, -0.2) is 71.0 Å². The van der Waals surface area contributed by atoms with E-state index < -0.39 is 10.0 Å². The molecule has 4 rings (SSSR count). The fraction of sp³-hybridized carbons (Fsp3) is 0.296. The molecule has 0 aromatic heterocycles. The molecule has 0 aliphatic carbocycles. The van der Waals surface area contributed by atoms with Crippen LogP contribution < -0.4 is 14.4 Å². The number of nitrogens with zero attached hydrogens (tertiary/aromatic N) is 3. The van der Waals surface area contributed by atoms with E-state index in [4.69, 9.17) is 9.47 Å². The number of rotatable bonds is 8. The quantitative estimate of drug-likeness (QED) is 0.463. The SMILES string of the molecule is COc1ccc(C(=O)N2CCN(c3ccccc3OC)CC2)cc1CN(C)S(=O)(=O)c1ccccc1. The van der Waals surface area contributed by atoms with Crippen LogP contribution in [0.25, 0.3) is 0 Å². The number of hydrogen-bond acceptors (Lipinski definition) is 6. The Bertz CT molecular complexity index is 1310. The summed E-state index contributed by atoms with van der Waals surface area (Å²) in [4.78, 5) is 17.6. The third-order valence-electron chi connectivity index (χ3n) is 6.36. The van der Waals surface area contributed by atoms with Crippen LogP contribution in [0.4, 0.5) is 5.69 Å². The molecule has 0 N–H and O–H groups in total. The molecule has 0 radical (unpaired) electrons. The highest BCUT2D eigenvalue weighted by Gasteiger charge is 2.26. The highest BCUT2D eigenvalue weighted by atomic mass is 32.2. The summed E-state index contributed by atoms with van der Waals surface area (Å²) in [6, 6.07) is 21.3. The molecule has 0 unspecified atom stereocenters. The molecule has 3 aromatic carbocycles. The maximum absolute atomic E-state index is 13.3. The minimum atomic E-state index is -3.69. The van der Waals surface area contributed by atoms with E-state index in [9.17, 15) is 13.2 Å². The number of methoxy groups -OCH3 is 2. The van der Waals surface area contributed by atoms with Gasteiger partial charge in [0.1, 0.15) is 11.5 Å². The Hall–Kier alpha value is -3.56. The fourth-order valence-electron chi connectivity index (χ4n) is 4.36. The van der Waals surface area contributed by atoms with Gasteiger partial charge in [-0.2, -0.15) is 4.31 Å². The monoisotopic (exact) mass is 509 g/mol. The average molecular weight is 510 g/mol. The second-order valence-electron chi connectivity index (χ2n) is 8.55. The van der Waals surface area contributed by atoms with Gasteiger partial charge in [-0.1, -0.05) is 30.3 Å². The molecule has 8 nitrogen and oxygen atoms in total. The van der Waals surface area contributed by atoms with Crippen LogP contribution in [0.5, 0.6) is 11.5 Å². The van der Waals surface area contributed by atoms with Crippen molar-refractivity contribution >= 4 is 21.6 Å². The Labute approximate surface area is 212 Å². The minimum absolute atomic E-state index is 0.0725. The predicted octanol–water partition coefficient (Wildman–Crippen LogP) is 3.49. The zero-order chi connectivity index (χ0) is 25.7. The topological polar surface area (TPSA) is 79.4 Å². The van der Waals surface area contributed by atoms with Crippen molar-refractivity contribution in [2.24, 2.45) is 0 Å². The molecular weight excluding hydrogens is 478 g/mol. The van der Waals surface area contributed by atoms with Crippen molar-refractivity contribution in [3.63, 3.8) is 0 Å². The molecular formula is C27H31N3O5S. The van der Waals surface area contributed by atoms with Crippen LogP contribution in [0.1, 0.15) is 15.9 Å². The lowest BCUT2D eigenvalue weighted by Gasteiger charge is -2.36. The first-order valence-corrected chi connectivity index (χ1v) is 13.1. The molecule has 3 aromatic rings. The number of amides is 1. The Balaban J connectivity index is 1.48. The summed E-state index contributed by atoms with van der Waals surface area (Å²) >= 11 is 0. The highest BCUT2D eigenvalue weighted by Crippen LogP contribution is 2.29. The van der Waals surface area contributed by atoms with Crippen LogP contribution in [0.3, 0.4) is 0 Å². The lowest BCUT2D eigenvalue weighted by molar-refractivity contribution is 0.0746. The lowest BCUT2D eigenvalue weighted by Crippen LogP contribution is -2.48. The summed E-state index contributed by atoms with van der Waals surface area (Å²) < 4.78 is 38.2. The first kappa shape index (κ1) is 25.5. The number of hydrogen-bond donors (Lipinski definition) is 0. The van der Waals surface area contributed by atoms with E-state index in [2.05, 4.69) is 4.90 Å². The van der Waals surface area contributed by atoms with E-state index in [1.165, 1.54) is 18.5 Å². The number of benzene rings is 3. The van der Waals surface area contributed by atoms with E-state index in [1.54, 1.807) is 55.6 Å². The van der Waals surface area contributed by atoms with E-state index in [0.29, 0.717) is 43.1 Å². The molecule has 1 amide bonds. The van der Waals surface area contributed by atoms with E-state index in [1.807, 2.05) is 29.2 Å². The van der Waals surface area contributed by atoms with Crippen molar-refractivity contribution in [2.75, 3.05) is 52.3 Å². The summed E-state index contributed by atoms with van der Waals surface area (Å²) in [5, 5.41) is 0. The summed E-state index contributed by atoms with van der Waals surface area (Å²) in [5.74, 6) is 1.25. The Kier molecular flexibility index (Phi) is 7.81. The minimum Gasteiger partial charge on any atom is -0.496 e. The van der Waals surface area contributed by atoms with Crippen LogP contribution in [-0.2, 0) is 16.6 Å². The smallest absolute Gasteiger partial charge is 0.253 e. The highest BCUT2D eigenvalue weighted by molar-refractivity contribution is 7.89. The molecule has 0 bridgehead atoms. The molecule has 0 spiro atoms. The summed E-state index contributed by atoms with van der Waals surface area (Å²) in [6.07, 6.45) is 0. The second kappa shape index (κ2) is 11.0. The Morgan fingerprint density at radius 1 is 0.861 bits per heavy atom. The van der Waals surface area contributed by atoms with Crippen molar-refractivity contribution in [1.29, 1.82) is 0 Å². The first-order chi connectivity index (χ1) is 17.3. The van der Waals surface area contributed by atoms with E-state index >= 15 is 0 Å². The summed E-state index contributed by atoms with van der Waals surface area (Å²) in [6.45, 7) is 2.59. The second-order valence-corrected chi connectivity index (χ2v) is 10.6. The van der Waals surface area contributed by atoms with Gasteiger partial charge in [0.05, 0.1) is 24.8 Å². The zero-order valence-electron chi connectivity index (χ0n) is 20.8. The fourth-order valence-corrected chi connectivity index (χ4v) is 5.53. The maximum Gasteiger partial charge on any atom is 0.253 e. The number of ether oxygens (including phenoxy) is 2. The maximum atomic E-state index is 13.3. The van der Waals surface area contributed by atoms with Crippen molar-refractivity contribution in [3.05, 3.63) is 83.9 Å². The molecule has 190 valence electrons. The number of para-hydroxylation sites is 2. The largest absolute Gasteiger partial charge is 0.496 e. The van der Waals surface area contributed by atoms with Crippen LogP contribution >= 0.6 is 0 Å². The van der Waals surface area contributed by atoms with Gasteiger partial charge in [-0.05, 0) is 42.5 Å². The van der Waals surface area contributed by atoms with Crippen molar-refractivity contribution < 1.29 is 22.7 Å². The number of anilines is 1. The van der Waals surface area contributed by atoms with E-state index in [0.717, 1.165) is 11.4 Å². The van der Waals surface area contributed by atoms with Gasteiger partial charge in [0.15, 0.2) is 0 Å². The molecule has 1 aliphatic heterocycles. The van der Waals surface area contributed by atoms with Crippen molar-refractivity contribution in [3.8, 4) is 11.5 Å². The molecule has 0 atom stereocenters. The molecule has 1 heterocycles. The van der Waals surface area contributed by atoms with Crippen LogP contribution in [0.15, 0.2) is 77.7 Å². The lowest BCUT2D eigenvalue weighted by atomic mass is 10.1. The average Bonchev–Trinajstić information content (AvgIpc) is 2.93. The van der Waals surface area contributed by atoms with Crippen LogP contribution in [0.2, 0.25) is 0 Å². The Morgan fingerprint density at radius 2 is 1.50 bits per heavy atom. The van der Waals surface area contributed by atoms with Gasteiger partial charge in [-0.25, -0.2) is 8.42 Å². The molecule has 0 saturated carbocycles. The van der Waals surface area contributed by atoms with Gasteiger partial charge >= 0.3 is 0 Å². The zero-order valence-corrected chi connectivity index (χ0v) is 21.6. The van der Waals surface area contributed by atoms with Crippen molar-refractivity contribution in [2.45, 2.75) is 11.4 Å².